The average molecular weight is 218 g/mol. The lowest BCUT2D eigenvalue weighted by molar-refractivity contribution is 0.524. The third-order valence-corrected chi connectivity index (χ3v) is 2.69. The third kappa shape index (κ3) is 1.73. The Bertz CT molecular complexity index is 541. The molecule has 84 valence electrons. The third-order valence-electron chi connectivity index (χ3n) is 2.69. The number of halogens is 1. The maximum atomic E-state index is 13.9. The van der Waals surface area contributed by atoms with Crippen molar-refractivity contribution in [3.05, 3.63) is 35.8 Å². The molecule has 0 aliphatic carbocycles. The van der Waals surface area contributed by atoms with Gasteiger partial charge in [0.2, 0.25) is 0 Å². The Labute approximate surface area is 94.3 Å². The van der Waals surface area contributed by atoms with Crippen molar-refractivity contribution >= 4 is 16.6 Å². The smallest absolute Gasteiger partial charge is 0.131 e. The number of hydrogen-bond donors (Lipinski definition) is 1. The number of aromatic nitrogens is 1. The van der Waals surface area contributed by atoms with Crippen LogP contribution in [-0.2, 0) is 5.41 Å². The standard InChI is InChI=1S/C13H15FN2/c1-13(2,3)10-6-8-4-5-16-12(15)9(8)7-11(10)14/h4-7H,1-3H3,(H2,15,16). The quantitative estimate of drug-likeness (QED) is 0.737. The Morgan fingerprint density at radius 1 is 1.25 bits per heavy atom. The fourth-order valence-corrected chi connectivity index (χ4v) is 1.79. The maximum Gasteiger partial charge on any atom is 0.131 e. The molecule has 3 heteroatoms. The van der Waals surface area contributed by atoms with Crippen molar-refractivity contribution in [2.45, 2.75) is 26.2 Å². The van der Waals surface area contributed by atoms with Gasteiger partial charge in [-0.05, 0) is 34.6 Å². The van der Waals surface area contributed by atoms with Crippen LogP contribution in [0.5, 0.6) is 0 Å². The van der Waals surface area contributed by atoms with Crippen LogP contribution in [0.2, 0.25) is 0 Å². The highest BCUT2D eigenvalue weighted by Gasteiger charge is 2.19. The monoisotopic (exact) mass is 218 g/mol. The van der Waals surface area contributed by atoms with E-state index in [1.807, 2.05) is 32.9 Å². The minimum absolute atomic E-state index is 0.212. The van der Waals surface area contributed by atoms with E-state index in [9.17, 15) is 4.39 Å². The molecule has 2 rings (SSSR count). The van der Waals surface area contributed by atoms with Crippen LogP contribution in [-0.4, -0.2) is 4.98 Å². The van der Waals surface area contributed by atoms with E-state index >= 15 is 0 Å². The number of anilines is 1. The zero-order valence-electron chi connectivity index (χ0n) is 9.71. The molecule has 0 atom stereocenters. The van der Waals surface area contributed by atoms with Crippen molar-refractivity contribution in [1.82, 2.24) is 4.98 Å². The van der Waals surface area contributed by atoms with Crippen LogP contribution in [0.25, 0.3) is 10.8 Å². The molecule has 1 aromatic carbocycles. The Morgan fingerprint density at radius 2 is 1.94 bits per heavy atom. The first-order valence-corrected chi connectivity index (χ1v) is 5.24. The van der Waals surface area contributed by atoms with Crippen molar-refractivity contribution in [3.8, 4) is 0 Å². The van der Waals surface area contributed by atoms with Crippen LogP contribution in [0.1, 0.15) is 26.3 Å². The zero-order chi connectivity index (χ0) is 11.9. The first kappa shape index (κ1) is 10.9. The molecule has 1 aromatic heterocycles. The van der Waals surface area contributed by atoms with Crippen molar-refractivity contribution in [2.24, 2.45) is 0 Å². The Kier molecular flexibility index (Phi) is 2.34. The summed E-state index contributed by atoms with van der Waals surface area (Å²) >= 11 is 0. The van der Waals surface area contributed by atoms with E-state index in [4.69, 9.17) is 5.73 Å². The van der Waals surface area contributed by atoms with E-state index in [1.54, 1.807) is 6.20 Å². The molecule has 0 spiro atoms. The number of nitrogen functional groups attached to an aromatic ring is 1. The summed E-state index contributed by atoms with van der Waals surface area (Å²) in [5, 5.41) is 1.60. The summed E-state index contributed by atoms with van der Waals surface area (Å²) in [6.45, 7) is 5.96. The molecule has 16 heavy (non-hydrogen) atoms. The SMILES string of the molecule is CC(C)(C)c1cc2ccnc(N)c2cc1F. The number of rotatable bonds is 0. The van der Waals surface area contributed by atoms with Crippen LogP contribution in [0, 0.1) is 5.82 Å². The normalized spacial score (nSPS) is 12.0. The van der Waals surface area contributed by atoms with Gasteiger partial charge in [-0.15, -0.1) is 0 Å². The van der Waals surface area contributed by atoms with Gasteiger partial charge in [-0.25, -0.2) is 9.37 Å². The Hall–Kier alpha value is -1.64. The molecular formula is C13H15FN2. The van der Waals surface area contributed by atoms with Gasteiger partial charge in [0.05, 0.1) is 0 Å². The second-order valence-corrected chi connectivity index (χ2v) is 5.00. The van der Waals surface area contributed by atoms with Gasteiger partial charge in [0.15, 0.2) is 0 Å². The highest BCUT2D eigenvalue weighted by atomic mass is 19.1. The first-order valence-electron chi connectivity index (χ1n) is 5.24. The number of benzene rings is 1. The van der Waals surface area contributed by atoms with Gasteiger partial charge in [-0.2, -0.15) is 0 Å². The predicted molar refractivity (Wildman–Crippen MR) is 64.8 cm³/mol. The Balaban J connectivity index is 2.78. The maximum absolute atomic E-state index is 13.9. The Morgan fingerprint density at radius 3 is 2.56 bits per heavy atom. The lowest BCUT2D eigenvalue weighted by Crippen LogP contribution is -2.13. The molecule has 0 unspecified atom stereocenters. The number of hydrogen-bond acceptors (Lipinski definition) is 2. The second-order valence-electron chi connectivity index (χ2n) is 5.00. The molecule has 2 aromatic rings. The number of fused-ring (bicyclic) bond motifs is 1. The lowest BCUT2D eigenvalue weighted by Gasteiger charge is -2.20. The molecule has 0 bridgehead atoms. The molecule has 0 amide bonds. The molecular weight excluding hydrogens is 203 g/mol. The van der Waals surface area contributed by atoms with E-state index in [2.05, 4.69) is 4.98 Å². The molecule has 0 saturated carbocycles. The first-order chi connectivity index (χ1) is 7.39. The van der Waals surface area contributed by atoms with Gasteiger partial charge in [0, 0.05) is 11.6 Å². The lowest BCUT2D eigenvalue weighted by atomic mass is 9.85. The molecule has 0 fully saturated rings. The summed E-state index contributed by atoms with van der Waals surface area (Å²) < 4.78 is 13.9. The van der Waals surface area contributed by atoms with Gasteiger partial charge in [0.25, 0.3) is 0 Å². The molecule has 0 saturated heterocycles. The highest BCUT2D eigenvalue weighted by molar-refractivity contribution is 5.91. The molecule has 0 aliphatic rings. The van der Waals surface area contributed by atoms with Crippen molar-refractivity contribution in [2.75, 3.05) is 5.73 Å². The molecule has 0 aliphatic heterocycles. The van der Waals surface area contributed by atoms with Crippen LogP contribution >= 0.6 is 0 Å². The summed E-state index contributed by atoms with van der Waals surface area (Å²) in [5.74, 6) is 0.150. The molecule has 1 heterocycles. The topological polar surface area (TPSA) is 38.9 Å². The second kappa shape index (κ2) is 3.44. The van der Waals surface area contributed by atoms with E-state index in [-0.39, 0.29) is 11.2 Å². The predicted octanol–water partition coefficient (Wildman–Crippen LogP) is 3.25. The van der Waals surface area contributed by atoms with E-state index < -0.39 is 0 Å². The minimum atomic E-state index is -0.222. The van der Waals surface area contributed by atoms with Gasteiger partial charge in [-0.3, -0.25) is 0 Å². The van der Waals surface area contributed by atoms with E-state index in [0.29, 0.717) is 16.8 Å². The van der Waals surface area contributed by atoms with Crippen LogP contribution < -0.4 is 5.73 Å². The summed E-state index contributed by atoms with van der Waals surface area (Å²) in [4.78, 5) is 3.95. The van der Waals surface area contributed by atoms with Crippen molar-refractivity contribution in [1.29, 1.82) is 0 Å². The minimum Gasteiger partial charge on any atom is -0.383 e. The molecule has 2 N–H and O–H groups in total. The number of nitrogens with two attached hydrogens (primary N) is 1. The number of pyridine rings is 1. The molecule has 0 radical (unpaired) electrons. The molecule has 2 nitrogen and oxygen atoms in total. The fourth-order valence-electron chi connectivity index (χ4n) is 1.79. The van der Waals surface area contributed by atoms with Gasteiger partial charge < -0.3 is 5.73 Å². The fraction of sp³-hybridized carbons (Fsp3) is 0.308. The van der Waals surface area contributed by atoms with Gasteiger partial charge in [0.1, 0.15) is 11.6 Å². The van der Waals surface area contributed by atoms with Crippen molar-refractivity contribution in [3.63, 3.8) is 0 Å². The van der Waals surface area contributed by atoms with Crippen LogP contribution in [0.4, 0.5) is 10.2 Å². The average Bonchev–Trinajstić information content (AvgIpc) is 2.17. The highest BCUT2D eigenvalue weighted by Crippen LogP contribution is 2.30. The van der Waals surface area contributed by atoms with Gasteiger partial charge in [-0.1, -0.05) is 20.8 Å². The van der Waals surface area contributed by atoms with Crippen molar-refractivity contribution < 1.29 is 4.39 Å². The van der Waals surface area contributed by atoms with Gasteiger partial charge >= 0.3 is 0 Å². The summed E-state index contributed by atoms with van der Waals surface area (Å²) in [5.41, 5.74) is 6.19. The van der Waals surface area contributed by atoms with E-state index in [1.165, 1.54) is 6.07 Å². The van der Waals surface area contributed by atoms with E-state index in [0.717, 1.165) is 5.39 Å². The number of nitrogens with zero attached hydrogens (tertiary/aromatic N) is 1. The summed E-state index contributed by atoms with van der Waals surface area (Å²) in [6, 6.07) is 5.17. The largest absolute Gasteiger partial charge is 0.383 e. The van der Waals surface area contributed by atoms with Crippen LogP contribution in [0.3, 0.4) is 0 Å². The zero-order valence-corrected chi connectivity index (χ0v) is 9.71. The summed E-state index contributed by atoms with van der Waals surface area (Å²) in [6.07, 6.45) is 1.64. The summed E-state index contributed by atoms with van der Waals surface area (Å²) in [7, 11) is 0. The van der Waals surface area contributed by atoms with Crippen LogP contribution in [0.15, 0.2) is 24.4 Å².